The Hall–Kier alpha value is -2.51. The lowest BCUT2D eigenvalue weighted by Crippen LogP contribution is -2.36. The molecule has 0 saturated carbocycles. The van der Waals surface area contributed by atoms with Crippen LogP contribution < -0.4 is 14.4 Å². The number of anilines is 1. The van der Waals surface area contributed by atoms with Crippen molar-refractivity contribution in [1.82, 2.24) is 0 Å². The third kappa shape index (κ3) is 2.44. The molecule has 2 rings (SSSR count). The Bertz CT molecular complexity index is 559. The molecular weight excluding hydrogens is 268 g/mol. The van der Waals surface area contributed by atoms with Gasteiger partial charge in [-0.3, -0.25) is 10.1 Å². The number of benzene rings is 1. The van der Waals surface area contributed by atoms with Gasteiger partial charge in [0.25, 0.3) is 5.69 Å². The van der Waals surface area contributed by atoms with Crippen LogP contribution in [0.2, 0.25) is 0 Å². The van der Waals surface area contributed by atoms with Crippen LogP contribution in [-0.4, -0.2) is 42.3 Å². The molecule has 0 amide bonds. The third-order valence-corrected chi connectivity index (χ3v) is 3.15. The highest BCUT2D eigenvalue weighted by Gasteiger charge is 2.28. The van der Waals surface area contributed by atoms with Gasteiger partial charge in [-0.15, -0.1) is 0 Å². The number of ether oxygens (including phenoxy) is 2. The summed E-state index contributed by atoms with van der Waals surface area (Å²) in [5.74, 6) is -0.402. The lowest BCUT2D eigenvalue weighted by molar-refractivity contribution is -0.384. The Morgan fingerprint density at radius 2 is 1.95 bits per heavy atom. The summed E-state index contributed by atoms with van der Waals surface area (Å²) in [6, 6.07) is 1.79. The lowest BCUT2D eigenvalue weighted by Gasteiger charge is -2.25. The van der Waals surface area contributed by atoms with Gasteiger partial charge in [0.1, 0.15) is 24.9 Å². The maximum Gasteiger partial charge on any atom is 0.326 e. The molecule has 1 heterocycles. The summed E-state index contributed by atoms with van der Waals surface area (Å²) < 4.78 is 10.7. The SMILES string of the molecule is CC(C(=O)O)N(C)c1cc2c(cc1[N+](=O)[O-])OCCO2. The fourth-order valence-corrected chi connectivity index (χ4v) is 1.87. The zero-order chi connectivity index (χ0) is 14.9. The molecule has 0 fully saturated rings. The number of hydrogen-bond acceptors (Lipinski definition) is 6. The minimum atomic E-state index is -1.07. The molecule has 0 radical (unpaired) electrons. The normalized spacial score (nSPS) is 14.5. The van der Waals surface area contributed by atoms with Gasteiger partial charge in [0.05, 0.1) is 11.0 Å². The zero-order valence-corrected chi connectivity index (χ0v) is 11.0. The minimum absolute atomic E-state index is 0.175. The van der Waals surface area contributed by atoms with E-state index in [2.05, 4.69) is 0 Å². The van der Waals surface area contributed by atoms with Gasteiger partial charge >= 0.3 is 5.97 Å². The van der Waals surface area contributed by atoms with E-state index in [0.717, 1.165) is 0 Å². The first-order chi connectivity index (χ1) is 9.41. The molecule has 1 aliphatic heterocycles. The minimum Gasteiger partial charge on any atom is -0.486 e. The predicted octanol–water partition coefficient (Wildman–Crippen LogP) is 1.28. The summed E-state index contributed by atoms with van der Waals surface area (Å²) in [4.78, 5) is 22.9. The van der Waals surface area contributed by atoms with Gasteiger partial charge in [0, 0.05) is 13.1 Å². The Labute approximate surface area is 114 Å². The Morgan fingerprint density at radius 1 is 1.40 bits per heavy atom. The topological polar surface area (TPSA) is 102 Å². The first kappa shape index (κ1) is 13.9. The summed E-state index contributed by atoms with van der Waals surface area (Å²) in [6.45, 7) is 2.12. The Kier molecular flexibility index (Phi) is 3.64. The molecule has 1 aliphatic rings. The van der Waals surface area contributed by atoms with Crippen molar-refractivity contribution in [3.05, 3.63) is 22.2 Å². The number of carboxylic acids is 1. The van der Waals surface area contributed by atoms with Gasteiger partial charge in [-0.2, -0.15) is 0 Å². The number of aliphatic carboxylic acids is 1. The average Bonchev–Trinajstić information content (AvgIpc) is 2.44. The third-order valence-electron chi connectivity index (χ3n) is 3.15. The van der Waals surface area contributed by atoms with E-state index in [0.29, 0.717) is 24.7 Å². The number of rotatable bonds is 4. The molecule has 0 saturated heterocycles. The van der Waals surface area contributed by atoms with Crippen molar-refractivity contribution in [2.24, 2.45) is 0 Å². The molecule has 0 bridgehead atoms. The molecule has 1 aromatic rings. The van der Waals surface area contributed by atoms with Crippen LogP contribution in [0.3, 0.4) is 0 Å². The van der Waals surface area contributed by atoms with Gasteiger partial charge in [-0.05, 0) is 6.92 Å². The van der Waals surface area contributed by atoms with E-state index < -0.39 is 16.9 Å². The van der Waals surface area contributed by atoms with Crippen LogP contribution >= 0.6 is 0 Å². The zero-order valence-electron chi connectivity index (χ0n) is 11.0. The van der Waals surface area contributed by atoms with Crippen LogP contribution in [0.5, 0.6) is 11.5 Å². The second kappa shape index (κ2) is 5.24. The van der Waals surface area contributed by atoms with E-state index in [9.17, 15) is 14.9 Å². The molecule has 0 aromatic heterocycles. The van der Waals surface area contributed by atoms with E-state index in [1.54, 1.807) is 0 Å². The summed E-state index contributed by atoms with van der Waals surface area (Å²) in [6.07, 6.45) is 0. The number of nitro benzene ring substituents is 1. The van der Waals surface area contributed by atoms with Crippen LogP contribution in [0.25, 0.3) is 0 Å². The predicted molar refractivity (Wildman–Crippen MR) is 69.6 cm³/mol. The molecule has 8 heteroatoms. The van der Waals surface area contributed by atoms with Crippen molar-refractivity contribution < 1.29 is 24.3 Å². The maximum absolute atomic E-state index is 11.1. The summed E-state index contributed by atoms with van der Waals surface area (Å²) in [5.41, 5.74) is -0.0426. The number of carbonyl (C=O) groups is 1. The summed E-state index contributed by atoms with van der Waals surface area (Å²) >= 11 is 0. The Balaban J connectivity index is 2.50. The molecule has 20 heavy (non-hydrogen) atoms. The largest absolute Gasteiger partial charge is 0.486 e. The highest BCUT2D eigenvalue weighted by atomic mass is 16.6. The molecule has 1 aromatic carbocycles. The van der Waals surface area contributed by atoms with Gasteiger partial charge in [0.15, 0.2) is 11.5 Å². The fraction of sp³-hybridized carbons (Fsp3) is 0.417. The first-order valence-corrected chi connectivity index (χ1v) is 5.95. The van der Waals surface area contributed by atoms with Crippen LogP contribution in [-0.2, 0) is 4.79 Å². The molecule has 1 atom stereocenters. The van der Waals surface area contributed by atoms with E-state index >= 15 is 0 Å². The smallest absolute Gasteiger partial charge is 0.326 e. The number of hydrogen-bond donors (Lipinski definition) is 1. The van der Waals surface area contributed by atoms with Gasteiger partial charge in [0.2, 0.25) is 0 Å². The molecule has 108 valence electrons. The van der Waals surface area contributed by atoms with Crippen molar-refractivity contribution in [3.8, 4) is 11.5 Å². The number of nitrogens with zero attached hydrogens (tertiary/aromatic N) is 2. The van der Waals surface area contributed by atoms with Crippen LogP contribution in [0.15, 0.2) is 12.1 Å². The average molecular weight is 282 g/mol. The lowest BCUT2D eigenvalue weighted by atomic mass is 10.2. The van der Waals surface area contributed by atoms with E-state index in [-0.39, 0.29) is 11.4 Å². The van der Waals surface area contributed by atoms with E-state index in [4.69, 9.17) is 14.6 Å². The van der Waals surface area contributed by atoms with Gasteiger partial charge in [-0.25, -0.2) is 4.79 Å². The highest BCUT2D eigenvalue weighted by Crippen LogP contribution is 2.41. The highest BCUT2D eigenvalue weighted by molar-refractivity contribution is 5.80. The van der Waals surface area contributed by atoms with Crippen molar-refractivity contribution in [1.29, 1.82) is 0 Å². The summed E-state index contributed by atoms with van der Waals surface area (Å²) in [7, 11) is 1.48. The van der Waals surface area contributed by atoms with Crippen molar-refractivity contribution in [2.75, 3.05) is 25.2 Å². The monoisotopic (exact) mass is 282 g/mol. The van der Waals surface area contributed by atoms with Gasteiger partial charge < -0.3 is 19.5 Å². The number of nitro groups is 1. The van der Waals surface area contributed by atoms with E-state index in [1.807, 2.05) is 0 Å². The molecule has 1 unspecified atom stereocenters. The fourth-order valence-electron chi connectivity index (χ4n) is 1.87. The van der Waals surface area contributed by atoms with Crippen molar-refractivity contribution in [3.63, 3.8) is 0 Å². The maximum atomic E-state index is 11.1. The molecule has 0 aliphatic carbocycles. The quantitative estimate of drug-likeness (QED) is 0.655. The van der Waals surface area contributed by atoms with Crippen molar-refractivity contribution in [2.45, 2.75) is 13.0 Å². The van der Waals surface area contributed by atoms with E-state index in [1.165, 1.54) is 31.0 Å². The van der Waals surface area contributed by atoms with Crippen LogP contribution in [0.4, 0.5) is 11.4 Å². The molecular formula is C12H14N2O6. The molecule has 8 nitrogen and oxygen atoms in total. The Morgan fingerprint density at radius 3 is 2.45 bits per heavy atom. The van der Waals surface area contributed by atoms with Crippen LogP contribution in [0, 0.1) is 10.1 Å². The second-order valence-corrected chi connectivity index (χ2v) is 4.37. The first-order valence-electron chi connectivity index (χ1n) is 5.95. The molecule has 0 spiro atoms. The molecule has 1 N–H and O–H groups in total. The standard InChI is InChI=1S/C12H14N2O6/c1-7(12(15)16)13(2)8-5-10-11(20-4-3-19-10)6-9(8)14(17)18/h5-7H,3-4H2,1-2H3,(H,15,16). The van der Waals surface area contributed by atoms with Gasteiger partial charge in [-0.1, -0.05) is 0 Å². The number of carboxylic acid groups (broad SMARTS) is 1. The van der Waals surface area contributed by atoms with Crippen LogP contribution in [0.1, 0.15) is 6.92 Å². The summed E-state index contributed by atoms with van der Waals surface area (Å²) in [5, 5.41) is 20.2. The number of likely N-dealkylation sites (N-methyl/N-ethyl adjacent to an activating group) is 1. The van der Waals surface area contributed by atoms with Crippen molar-refractivity contribution >= 4 is 17.3 Å². The number of fused-ring (bicyclic) bond motifs is 1. The second-order valence-electron chi connectivity index (χ2n) is 4.37.